The monoisotopic (exact) mass is 322 g/mol. The Morgan fingerprint density at radius 2 is 1.83 bits per heavy atom. The largest absolute Gasteiger partial charge is 0.490 e. The van der Waals surface area contributed by atoms with Crippen molar-refractivity contribution >= 4 is 12.1 Å². The van der Waals surface area contributed by atoms with E-state index in [4.69, 9.17) is 4.74 Å². The van der Waals surface area contributed by atoms with Crippen LogP contribution in [0, 0.1) is 0 Å². The molecule has 0 aliphatic carbocycles. The lowest BCUT2D eigenvalue weighted by Gasteiger charge is -2.05. The molecule has 4 heteroatoms. The summed E-state index contributed by atoms with van der Waals surface area (Å²) >= 11 is 0. The van der Waals surface area contributed by atoms with E-state index in [2.05, 4.69) is 43.1 Å². The molecule has 124 valence electrons. The van der Waals surface area contributed by atoms with Gasteiger partial charge in [-0.3, -0.25) is 4.79 Å². The van der Waals surface area contributed by atoms with Crippen molar-refractivity contribution in [1.82, 2.24) is 5.43 Å². The third-order valence-corrected chi connectivity index (χ3v) is 3.47. The van der Waals surface area contributed by atoms with Gasteiger partial charge < -0.3 is 4.74 Å². The highest BCUT2D eigenvalue weighted by Crippen LogP contribution is 2.14. The molecule has 24 heavy (non-hydrogen) atoms. The van der Waals surface area contributed by atoms with Crippen molar-refractivity contribution in [2.75, 3.05) is 6.61 Å². The number of nitrogens with zero attached hydrogens (tertiary/aromatic N) is 1. The normalized spacial score (nSPS) is 10.8. The number of carbonyl (C=O) groups excluding carboxylic acids is 1. The highest BCUT2D eigenvalue weighted by molar-refractivity contribution is 5.95. The van der Waals surface area contributed by atoms with Crippen LogP contribution in [-0.2, 0) is 0 Å². The molecule has 0 bridgehead atoms. The highest BCUT2D eigenvalue weighted by atomic mass is 16.5. The molecule has 0 saturated carbocycles. The van der Waals surface area contributed by atoms with Crippen molar-refractivity contribution in [3.63, 3.8) is 0 Å². The quantitative estimate of drug-likeness (QED) is 0.473. The fraction of sp³-hybridized carbons (Fsp3) is 0.200. The molecule has 0 atom stereocenters. The van der Waals surface area contributed by atoms with Gasteiger partial charge in [0, 0.05) is 5.56 Å². The minimum Gasteiger partial charge on any atom is -0.490 e. The van der Waals surface area contributed by atoms with Gasteiger partial charge in [0.15, 0.2) is 0 Å². The van der Waals surface area contributed by atoms with Crippen LogP contribution in [0.15, 0.2) is 66.3 Å². The van der Waals surface area contributed by atoms with Gasteiger partial charge in [-0.05, 0) is 41.3 Å². The Kier molecular flexibility index (Phi) is 6.32. The Labute approximate surface area is 142 Å². The molecule has 0 unspecified atom stereocenters. The summed E-state index contributed by atoms with van der Waals surface area (Å²) in [5.41, 5.74) is 5.25. The number of hydrogen-bond donors (Lipinski definition) is 1. The number of nitrogens with one attached hydrogen (secondary N) is 1. The van der Waals surface area contributed by atoms with Crippen molar-refractivity contribution in [2.24, 2.45) is 5.10 Å². The van der Waals surface area contributed by atoms with Gasteiger partial charge in [-0.25, -0.2) is 5.43 Å². The zero-order valence-corrected chi connectivity index (χ0v) is 14.0. The number of hydrogen-bond acceptors (Lipinski definition) is 3. The Morgan fingerprint density at radius 1 is 1.17 bits per heavy atom. The zero-order valence-electron chi connectivity index (χ0n) is 14.0. The van der Waals surface area contributed by atoms with Crippen LogP contribution in [0.1, 0.15) is 41.3 Å². The van der Waals surface area contributed by atoms with Crippen molar-refractivity contribution in [3.05, 3.63) is 77.9 Å². The first-order valence-corrected chi connectivity index (χ1v) is 7.87. The lowest BCUT2D eigenvalue weighted by molar-refractivity contribution is 0.0955. The average Bonchev–Trinajstić information content (AvgIpc) is 2.60. The van der Waals surface area contributed by atoms with Crippen LogP contribution in [0.4, 0.5) is 0 Å². The molecule has 1 N–H and O–H groups in total. The zero-order chi connectivity index (χ0) is 17.4. The third kappa shape index (κ3) is 5.09. The van der Waals surface area contributed by atoms with Gasteiger partial charge in [0.1, 0.15) is 12.4 Å². The molecule has 0 aliphatic heterocycles. The molecule has 0 spiro atoms. The molecule has 2 aromatic rings. The van der Waals surface area contributed by atoms with E-state index in [1.54, 1.807) is 36.6 Å². The van der Waals surface area contributed by atoms with E-state index in [0.717, 1.165) is 5.56 Å². The molecule has 1 amide bonds. The van der Waals surface area contributed by atoms with Gasteiger partial charge in [-0.15, -0.1) is 0 Å². The van der Waals surface area contributed by atoms with Crippen LogP contribution in [0.2, 0.25) is 0 Å². The second-order valence-corrected chi connectivity index (χ2v) is 5.64. The molecule has 4 nitrogen and oxygen atoms in total. The summed E-state index contributed by atoms with van der Waals surface area (Å²) in [4.78, 5) is 12.0. The summed E-state index contributed by atoms with van der Waals surface area (Å²) in [7, 11) is 0. The number of ether oxygens (including phenoxy) is 1. The van der Waals surface area contributed by atoms with Gasteiger partial charge in [-0.1, -0.05) is 50.8 Å². The van der Waals surface area contributed by atoms with E-state index in [0.29, 0.717) is 23.8 Å². The lowest BCUT2D eigenvalue weighted by Crippen LogP contribution is -2.17. The number of rotatable bonds is 7. The summed E-state index contributed by atoms with van der Waals surface area (Å²) in [5.74, 6) is 0.926. The van der Waals surface area contributed by atoms with Crippen LogP contribution < -0.4 is 10.2 Å². The van der Waals surface area contributed by atoms with Crippen molar-refractivity contribution in [2.45, 2.75) is 19.8 Å². The van der Waals surface area contributed by atoms with Crippen LogP contribution in [0.5, 0.6) is 5.75 Å². The van der Waals surface area contributed by atoms with Crippen LogP contribution >= 0.6 is 0 Å². The highest BCUT2D eigenvalue weighted by Gasteiger charge is 2.04. The van der Waals surface area contributed by atoms with Crippen LogP contribution in [0.3, 0.4) is 0 Å². The third-order valence-electron chi connectivity index (χ3n) is 3.47. The Morgan fingerprint density at radius 3 is 2.42 bits per heavy atom. The summed E-state index contributed by atoms with van der Waals surface area (Å²) < 4.78 is 5.38. The van der Waals surface area contributed by atoms with Gasteiger partial charge >= 0.3 is 0 Å². The Balaban J connectivity index is 1.91. The first-order chi connectivity index (χ1) is 11.6. The maximum atomic E-state index is 12.0. The standard InChI is InChI=1S/C20H22N2O2/c1-4-13-24-19-11-9-18(10-12-19)20(23)22-21-14-16-5-7-17(8-6-16)15(2)3/h4-12,14-15H,1,13H2,2-3H3,(H,22,23). The maximum Gasteiger partial charge on any atom is 0.271 e. The topological polar surface area (TPSA) is 50.7 Å². The van der Waals surface area contributed by atoms with Crippen molar-refractivity contribution in [3.8, 4) is 5.75 Å². The molecule has 2 aromatic carbocycles. The molecule has 0 saturated heterocycles. The Hall–Kier alpha value is -2.88. The molecule has 0 aliphatic rings. The number of hydrazone groups is 1. The first kappa shape index (κ1) is 17.5. The maximum absolute atomic E-state index is 12.0. The molecule has 0 heterocycles. The van der Waals surface area contributed by atoms with E-state index in [1.165, 1.54) is 5.56 Å². The van der Waals surface area contributed by atoms with E-state index < -0.39 is 0 Å². The van der Waals surface area contributed by atoms with Gasteiger partial charge in [0.25, 0.3) is 5.91 Å². The fourth-order valence-corrected chi connectivity index (χ4v) is 2.05. The second kappa shape index (κ2) is 8.67. The first-order valence-electron chi connectivity index (χ1n) is 7.87. The molecule has 0 radical (unpaired) electrons. The smallest absolute Gasteiger partial charge is 0.271 e. The van der Waals surface area contributed by atoms with Crippen molar-refractivity contribution < 1.29 is 9.53 Å². The average molecular weight is 322 g/mol. The van der Waals surface area contributed by atoms with Crippen molar-refractivity contribution in [1.29, 1.82) is 0 Å². The Bertz CT molecular complexity index is 701. The van der Waals surface area contributed by atoms with Crippen LogP contribution in [-0.4, -0.2) is 18.7 Å². The van der Waals surface area contributed by atoms with E-state index in [1.807, 2.05) is 12.1 Å². The molecular formula is C20H22N2O2. The van der Waals surface area contributed by atoms with Gasteiger partial charge in [0.2, 0.25) is 0 Å². The summed E-state index contributed by atoms with van der Waals surface area (Å²) in [6.45, 7) is 8.32. The molecule has 0 fully saturated rings. The number of amides is 1. The lowest BCUT2D eigenvalue weighted by atomic mass is 10.0. The summed E-state index contributed by atoms with van der Waals surface area (Å²) in [5, 5.41) is 4.00. The van der Waals surface area contributed by atoms with E-state index in [-0.39, 0.29) is 5.91 Å². The second-order valence-electron chi connectivity index (χ2n) is 5.64. The number of carbonyl (C=O) groups is 1. The number of benzene rings is 2. The van der Waals surface area contributed by atoms with E-state index >= 15 is 0 Å². The molecule has 2 rings (SSSR count). The van der Waals surface area contributed by atoms with Gasteiger partial charge in [0.05, 0.1) is 6.21 Å². The predicted octanol–water partition coefficient (Wildman–Crippen LogP) is 4.14. The van der Waals surface area contributed by atoms with Gasteiger partial charge in [-0.2, -0.15) is 5.10 Å². The molecular weight excluding hydrogens is 300 g/mol. The minimum atomic E-state index is -0.264. The van der Waals surface area contributed by atoms with Crippen LogP contribution in [0.25, 0.3) is 0 Å². The molecule has 0 aromatic heterocycles. The van der Waals surface area contributed by atoms with E-state index in [9.17, 15) is 4.79 Å². The fourth-order valence-electron chi connectivity index (χ4n) is 2.05. The summed E-state index contributed by atoms with van der Waals surface area (Å²) in [6.07, 6.45) is 3.30. The minimum absolute atomic E-state index is 0.264. The summed E-state index contributed by atoms with van der Waals surface area (Å²) in [6, 6.07) is 15.0. The predicted molar refractivity (Wildman–Crippen MR) is 97.7 cm³/mol. The SMILES string of the molecule is C=CCOc1ccc(C(=O)NN=Cc2ccc(C(C)C)cc2)cc1.